The van der Waals surface area contributed by atoms with Gasteiger partial charge in [-0.2, -0.15) is 0 Å². The molecule has 2 aliphatic heterocycles. The highest BCUT2D eigenvalue weighted by atomic mass is 16.2. The van der Waals surface area contributed by atoms with Gasteiger partial charge in [0.15, 0.2) is 0 Å². The minimum absolute atomic E-state index is 0.0364. The Hall–Kier alpha value is -1.88. The fourth-order valence-corrected chi connectivity index (χ4v) is 5.04. The summed E-state index contributed by atoms with van der Waals surface area (Å²) in [5.74, 6) is 1.40. The molecule has 1 saturated carbocycles. The summed E-state index contributed by atoms with van der Waals surface area (Å²) in [6.45, 7) is 6.09. The van der Waals surface area contributed by atoms with Crippen LogP contribution >= 0.6 is 0 Å². The molecule has 1 aromatic carbocycles. The third-order valence-electron chi connectivity index (χ3n) is 7.23. The average molecular weight is 426 g/mol. The Labute approximate surface area is 187 Å². The van der Waals surface area contributed by atoms with Gasteiger partial charge in [0.25, 0.3) is 5.91 Å². The van der Waals surface area contributed by atoms with Crippen molar-refractivity contribution >= 4 is 11.8 Å². The number of benzene rings is 1. The zero-order valence-electron chi connectivity index (χ0n) is 19.0. The topological polar surface area (TPSA) is 52.7 Å². The summed E-state index contributed by atoms with van der Waals surface area (Å²) >= 11 is 0. The lowest BCUT2D eigenvalue weighted by atomic mass is 9.89. The lowest BCUT2D eigenvalue weighted by Gasteiger charge is -2.32. The molecule has 5 heteroatoms. The smallest absolute Gasteiger partial charge is 0.251 e. The Morgan fingerprint density at radius 1 is 0.871 bits per heavy atom. The van der Waals surface area contributed by atoms with Gasteiger partial charge in [-0.1, -0.05) is 25.0 Å². The first-order valence-corrected chi connectivity index (χ1v) is 12.6. The van der Waals surface area contributed by atoms with Crippen LogP contribution in [0, 0.1) is 11.8 Å². The van der Waals surface area contributed by atoms with Crippen LogP contribution in [0.5, 0.6) is 0 Å². The Morgan fingerprint density at radius 3 is 2.19 bits per heavy atom. The van der Waals surface area contributed by atoms with Crippen molar-refractivity contribution in [1.29, 1.82) is 0 Å². The minimum atomic E-state index is 0.0364. The fourth-order valence-electron chi connectivity index (χ4n) is 5.04. The van der Waals surface area contributed by atoms with E-state index in [0.29, 0.717) is 17.7 Å². The second kappa shape index (κ2) is 11.1. The molecule has 2 amide bonds. The zero-order chi connectivity index (χ0) is 21.5. The third kappa shape index (κ3) is 6.80. The number of hydrogen-bond acceptors (Lipinski definition) is 3. The number of nitrogens with zero attached hydrogens (tertiary/aromatic N) is 2. The molecule has 0 aromatic heterocycles. The molecule has 1 N–H and O–H groups in total. The van der Waals surface area contributed by atoms with Crippen molar-refractivity contribution in [2.24, 2.45) is 11.8 Å². The summed E-state index contributed by atoms with van der Waals surface area (Å²) in [6.07, 6.45) is 11.8. The predicted molar refractivity (Wildman–Crippen MR) is 124 cm³/mol. The van der Waals surface area contributed by atoms with Crippen molar-refractivity contribution in [3.63, 3.8) is 0 Å². The molecule has 0 atom stereocenters. The maximum absolute atomic E-state index is 12.4. The lowest BCUT2D eigenvalue weighted by molar-refractivity contribution is -0.133. The molecular weight excluding hydrogens is 386 g/mol. The molecule has 0 unspecified atom stereocenters. The Balaban J connectivity index is 1.14. The van der Waals surface area contributed by atoms with E-state index in [2.05, 4.69) is 27.2 Å². The molecule has 0 bridgehead atoms. The van der Waals surface area contributed by atoms with Gasteiger partial charge in [-0.25, -0.2) is 0 Å². The van der Waals surface area contributed by atoms with Crippen molar-refractivity contribution < 1.29 is 9.59 Å². The molecule has 4 rings (SSSR count). The van der Waals surface area contributed by atoms with Gasteiger partial charge in [0, 0.05) is 31.1 Å². The number of carbonyl (C=O) groups excluding carboxylic acids is 2. The van der Waals surface area contributed by atoms with E-state index in [-0.39, 0.29) is 5.91 Å². The molecule has 3 aliphatic rings. The first-order chi connectivity index (χ1) is 15.2. The van der Waals surface area contributed by atoms with Gasteiger partial charge in [0.1, 0.15) is 0 Å². The van der Waals surface area contributed by atoms with Crippen LogP contribution < -0.4 is 5.32 Å². The second-order valence-electron chi connectivity index (χ2n) is 9.81. The van der Waals surface area contributed by atoms with Crippen LogP contribution in [-0.2, 0) is 11.2 Å². The van der Waals surface area contributed by atoms with E-state index in [4.69, 9.17) is 0 Å². The standard InChI is InChI=1S/C26H39N3O2/c30-25(27-14-5-17-28-15-3-1-2-4-16-28)23-8-6-21(7-9-23)20-22-12-18-29(19-13-22)26(31)24-10-11-24/h6-9,22,24H,1-5,10-20H2,(H,27,30). The molecule has 1 aliphatic carbocycles. The van der Waals surface area contributed by atoms with Gasteiger partial charge in [0.2, 0.25) is 5.91 Å². The highest BCUT2D eigenvalue weighted by molar-refractivity contribution is 5.94. The molecule has 31 heavy (non-hydrogen) atoms. The summed E-state index contributed by atoms with van der Waals surface area (Å²) < 4.78 is 0. The monoisotopic (exact) mass is 425 g/mol. The van der Waals surface area contributed by atoms with Crippen molar-refractivity contribution in [3.05, 3.63) is 35.4 Å². The number of rotatable bonds is 8. The van der Waals surface area contributed by atoms with Crippen molar-refractivity contribution in [2.75, 3.05) is 39.3 Å². The van der Waals surface area contributed by atoms with E-state index in [9.17, 15) is 9.59 Å². The van der Waals surface area contributed by atoms with E-state index in [1.165, 1.54) is 44.3 Å². The molecule has 0 radical (unpaired) electrons. The van der Waals surface area contributed by atoms with E-state index >= 15 is 0 Å². The Morgan fingerprint density at radius 2 is 1.55 bits per heavy atom. The van der Waals surface area contributed by atoms with E-state index < -0.39 is 0 Å². The van der Waals surface area contributed by atoms with E-state index in [0.717, 1.165) is 70.3 Å². The predicted octanol–water partition coefficient (Wildman–Crippen LogP) is 3.87. The molecule has 2 heterocycles. The number of carbonyl (C=O) groups is 2. The lowest BCUT2D eigenvalue weighted by Crippen LogP contribution is -2.39. The molecule has 3 fully saturated rings. The molecule has 5 nitrogen and oxygen atoms in total. The molecule has 1 aromatic rings. The number of amides is 2. The van der Waals surface area contributed by atoms with Gasteiger partial charge in [0.05, 0.1) is 0 Å². The summed E-state index contributed by atoms with van der Waals surface area (Å²) in [4.78, 5) is 29.3. The number of nitrogens with one attached hydrogen (secondary N) is 1. The summed E-state index contributed by atoms with van der Waals surface area (Å²) in [6, 6.07) is 8.14. The van der Waals surface area contributed by atoms with Crippen LogP contribution in [-0.4, -0.2) is 60.9 Å². The summed E-state index contributed by atoms with van der Waals surface area (Å²) in [7, 11) is 0. The minimum Gasteiger partial charge on any atom is -0.352 e. The first-order valence-electron chi connectivity index (χ1n) is 12.6. The van der Waals surface area contributed by atoms with Gasteiger partial charge in [-0.15, -0.1) is 0 Å². The first kappa shape index (κ1) is 22.3. The van der Waals surface area contributed by atoms with E-state index in [1.807, 2.05) is 12.1 Å². The van der Waals surface area contributed by atoms with Crippen molar-refractivity contribution in [1.82, 2.24) is 15.1 Å². The van der Waals surface area contributed by atoms with Crippen LogP contribution in [0.4, 0.5) is 0 Å². The van der Waals surface area contributed by atoms with Crippen molar-refractivity contribution in [3.8, 4) is 0 Å². The molecule has 2 saturated heterocycles. The SMILES string of the molecule is O=C(NCCCN1CCCCCC1)c1ccc(CC2CCN(C(=O)C3CC3)CC2)cc1. The second-order valence-corrected chi connectivity index (χ2v) is 9.81. The number of piperidine rings is 1. The number of likely N-dealkylation sites (tertiary alicyclic amines) is 2. The van der Waals surface area contributed by atoms with E-state index in [1.54, 1.807) is 0 Å². The molecule has 170 valence electrons. The number of hydrogen-bond donors (Lipinski definition) is 1. The van der Waals surface area contributed by atoms with Crippen molar-refractivity contribution in [2.45, 2.75) is 64.2 Å². The van der Waals surface area contributed by atoms with Gasteiger partial charge >= 0.3 is 0 Å². The van der Waals surface area contributed by atoms with Crippen LogP contribution in [0.1, 0.15) is 73.7 Å². The average Bonchev–Trinajstić information content (AvgIpc) is 3.65. The quantitative estimate of drug-likeness (QED) is 0.643. The largest absolute Gasteiger partial charge is 0.352 e. The van der Waals surface area contributed by atoms with Crippen LogP contribution in [0.25, 0.3) is 0 Å². The highest BCUT2D eigenvalue weighted by Gasteiger charge is 2.34. The zero-order valence-corrected chi connectivity index (χ0v) is 19.0. The molecule has 0 spiro atoms. The van der Waals surface area contributed by atoms with Gasteiger partial charge < -0.3 is 15.1 Å². The Kier molecular flexibility index (Phi) is 8.01. The van der Waals surface area contributed by atoms with Crippen LogP contribution in [0.15, 0.2) is 24.3 Å². The van der Waals surface area contributed by atoms with Gasteiger partial charge in [-0.3, -0.25) is 9.59 Å². The maximum atomic E-state index is 12.4. The normalized spacial score (nSPS) is 21.0. The third-order valence-corrected chi connectivity index (χ3v) is 7.23. The van der Waals surface area contributed by atoms with Gasteiger partial charge in [-0.05, 0) is 94.6 Å². The maximum Gasteiger partial charge on any atom is 0.251 e. The van der Waals surface area contributed by atoms with Crippen LogP contribution in [0.3, 0.4) is 0 Å². The summed E-state index contributed by atoms with van der Waals surface area (Å²) in [5.41, 5.74) is 2.05. The fraction of sp³-hybridized carbons (Fsp3) is 0.692. The Bertz CT molecular complexity index is 713. The molecular formula is C26H39N3O2. The van der Waals surface area contributed by atoms with Crippen LogP contribution in [0.2, 0.25) is 0 Å². The highest BCUT2D eigenvalue weighted by Crippen LogP contribution is 2.33. The summed E-state index contributed by atoms with van der Waals surface area (Å²) in [5, 5.41) is 3.08.